The van der Waals surface area contributed by atoms with Crippen molar-refractivity contribution in [3.05, 3.63) is 48.5 Å². The average Bonchev–Trinajstić information content (AvgIpc) is 3.21. The highest BCUT2D eigenvalue weighted by atomic mass is 79.9. The van der Waals surface area contributed by atoms with Gasteiger partial charge >= 0.3 is 0 Å². The molecule has 1 fully saturated rings. The Labute approximate surface area is 162 Å². The highest BCUT2D eigenvalue weighted by molar-refractivity contribution is 9.08. The molecule has 0 aromatic heterocycles. The molecule has 0 saturated carbocycles. The molecule has 0 N–H and O–H groups in total. The van der Waals surface area contributed by atoms with Crippen LogP contribution >= 0.6 is 27.7 Å². The van der Waals surface area contributed by atoms with Crippen LogP contribution in [0.1, 0.15) is 19.8 Å². The number of rotatable bonds is 2. The monoisotopic (exact) mass is 418 g/mol. The zero-order valence-corrected chi connectivity index (χ0v) is 17.0. The highest BCUT2D eigenvalue weighted by Gasteiger charge is 2.33. The second-order valence-electron chi connectivity index (χ2n) is 6.13. The molecule has 1 unspecified atom stereocenters. The normalized spacial score (nSPS) is 17.2. The van der Waals surface area contributed by atoms with E-state index in [1.54, 1.807) is 11.8 Å². The fraction of sp³-hybridized carbons (Fsp3) is 0.350. The van der Waals surface area contributed by atoms with Crippen molar-refractivity contribution in [2.75, 3.05) is 23.8 Å². The molecule has 4 rings (SSSR count). The first-order chi connectivity index (χ1) is 12.3. The summed E-state index contributed by atoms with van der Waals surface area (Å²) in [7, 11) is 0. The number of anilines is 2. The molecular weight excluding hydrogens is 396 g/mol. The summed E-state index contributed by atoms with van der Waals surface area (Å²) in [6.45, 7) is 4.10. The zero-order valence-electron chi connectivity index (χ0n) is 14.6. The summed E-state index contributed by atoms with van der Waals surface area (Å²) in [5.41, 5.74) is 2.01. The number of hydrogen-bond acceptors (Lipinski definition) is 3. The third-order valence-corrected chi connectivity index (χ3v) is 5.83. The van der Waals surface area contributed by atoms with Crippen molar-refractivity contribution in [2.45, 2.75) is 35.6 Å². The van der Waals surface area contributed by atoms with Gasteiger partial charge in [-0.05, 0) is 63.0 Å². The van der Waals surface area contributed by atoms with Crippen molar-refractivity contribution in [2.24, 2.45) is 0 Å². The Bertz CT molecular complexity index is 700. The molecule has 0 spiro atoms. The van der Waals surface area contributed by atoms with Crippen LogP contribution in [0.5, 0.6) is 0 Å². The summed E-state index contributed by atoms with van der Waals surface area (Å²) in [6.07, 6.45) is 2.39. The van der Waals surface area contributed by atoms with Crippen LogP contribution in [0, 0.1) is 0 Å². The lowest BCUT2D eigenvalue weighted by Gasteiger charge is -2.35. The maximum atomic E-state index is 13.3. The zero-order chi connectivity index (χ0) is 17.8. The number of halogens is 1. The van der Waals surface area contributed by atoms with Gasteiger partial charge in [0, 0.05) is 9.79 Å². The van der Waals surface area contributed by atoms with Crippen LogP contribution in [0.3, 0.4) is 0 Å². The molecule has 3 nitrogen and oxygen atoms in total. The lowest BCUT2D eigenvalue weighted by atomic mass is 10.1. The Morgan fingerprint density at radius 1 is 0.960 bits per heavy atom. The molecule has 1 amide bonds. The van der Waals surface area contributed by atoms with E-state index in [1.807, 2.05) is 54.1 Å². The highest BCUT2D eigenvalue weighted by Crippen LogP contribution is 2.48. The molecule has 132 valence electrons. The Balaban J connectivity index is 0.000000880. The summed E-state index contributed by atoms with van der Waals surface area (Å²) in [4.78, 5) is 19.8. The Kier molecular flexibility index (Phi) is 6.20. The third kappa shape index (κ3) is 3.64. The maximum Gasteiger partial charge on any atom is 0.248 e. The van der Waals surface area contributed by atoms with Crippen LogP contribution in [-0.4, -0.2) is 35.8 Å². The van der Waals surface area contributed by atoms with Crippen LogP contribution in [0.4, 0.5) is 11.4 Å². The fourth-order valence-corrected chi connectivity index (χ4v) is 4.47. The lowest BCUT2D eigenvalue weighted by molar-refractivity contribution is -0.122. The molecule has 0 bridgehead atoms. The van der Waals surface area contributed by atoms with Gasteiger partial charge in [-0.15, -0.1) is 0 Å². The van der Waals surface area contributed by atoms with Crippen molar-refractivity contribution >= 4 is 45.0 Å². The standard InChI is InChI=1S/C19H20N2OS.CH3Br/c1-14(20-12-6-7-13-20)19(22)21-15-8-2-4-10-17(15)23-18-11-5-3-9-16(18)21;1-2/h2-5,8-11,14H,6-7,12-13H2,1H3;1H3. The van der Waals surface area contributed by atoms with Gasteiger partial charge < -0.3 is 0 Å². The molecule has 2 aliphatic heterocycles. The molecule has 2 heterocycles. The molecule has 5 heteroatoms. The molecule has 1 saturated heterocycles. The van der Waals surface area contributed by atoms with Gasteiger partial charge in [-0.25, -0.2) is 0 Å². The quantitative estimate of drug-likeness (QED) is 0.617. The van der Waals surface area contributed by atoms with E-state index in [-0.39, 0.29) is 11.9 Å². The second kappa shape index (κ2) is 8.39. The van der Waals surface area contributed by atoms with Crippen molar-refractivity contribution in [1.82, 2.24) is 4.90 Å². The Morgan fingerprint density at radius 2 is 1.44 bits per heavy atom. The first kappa shape index (κ1) is 18.5. The number of fused-ring (bicyclic) bond motifs is 2. The van der Waals surface area contributed by atoms with Gasteiger partial charge in [-0.3, -0.25) is 14.6 Å². The summed E-state index contributed by atoms with van der Waals surface area (Å²) < 4.78 is 0. The molecule has 0 aliphatic carbocycles. The van der Waals surface area contributed by atoms with Crippen LogP contribution < -0.4 is 4.90 Å². The SMILES string of the molecule is CBr.CC(C(=O)N1c2ccccc2Sc2ccccc21)N1CCCC1. The average molecular weight is 419 g/mol. The molecule has 2 aromatic rings. The van der Waals surface area contributed by atoms with Gasteiger partial charge in [0.05, 0.1) is 17.4 Å². The van der Waals surface area contributed by atoms with Gasteiger partial charge in [-0.1, -0.05) is 52.0 Å². The van der Waals surface area contributed by atoms with Crippen molar-refractivity contribution in [1.29, 1.82) is 0 Å². The number of likely N-dealkylation sites (tertiary alicyclic amines) is 1. The van der Waals surface area contributed by atoms with Crippen LogP contribution in [0.2, 0.25) is 0 Å². The topological polar surface area (TPSA) is 23.6 Å². The summed E-state index contributed by atoms with van der Waals surface area (Å²) in [5, 5.41) is 0. The number of nitrogens with zero attached hydrogens (tertiary/aromatic N) is 2. The van der Waals surface area contributed by atoms with Crippen LogP contribution in [0.15, 0.2) is 58.3 Å². The lowest BCUT2D eigenvalue weighted by Crippen LogP contribution is -2.45. The molecule has 1 atom stereocenters. The van der Waals surface area contributed by atoms with Gasteiger partial charge in [0.25, 0.3) is 0 Å². The number of alkyl halides is 1. The minimum absolute atomic E-state index is 0.0817. The summed E-state index contributed by atoms with van der Waals surface area (Å²) >= 11 is 4.68. The third-order valence-electron chi connectivity index (χ3n) is 4.70. The van der Waals surface area contributed by atoms with E-state index in [0.717, 1.165) is 34.3 Å². The predicted molar refractivity (Wildman–Crippen MR) is 109 cm³/mol. The molecule has 2 aliphatic rings. The number of carbonyl (C=O) groups is 1. The number of amides is 1. The molecule has 25 heavy (non-hydrogen) atoms. The number of benzene rings is 2. The van der Waals surface area contributed by atoms with Crippen molar-refractivity contribution in [3.63, 3.8) is 0 Å². The summed E-state index contributed by atoms with van der Waals surface area (Å²) in [6, 6.07) is 16.3. The fourth-order valence-electron chi connectivity index (χ4n) is 3.41. The summed E-state index contributed by atoms with van der Waals surface area (Å²) in [5.74, 6) is 1.99. The number of para-hydroxylation sites is 2. The van der Waals surface area contributed by atoms with E-state index in [2.05, 4.69) is 33.0 Å². The minimum Gasteiger partial charge on any atom is -0.292 e. The van der Waals surface area contributed by atoms with Crippen LogP contribution in [0.25, 0.3) is 0 Å². The second-order valence-corrected chi connectivity index (χ2v) is 7.21. The van der Waals surface area contributed by atoms with E-state index in [9.17, 15) is 4.79 Å². The van der Waals surface area contributed by atoms with Gasteiger partial charge in [-0.2, -0.15) is 0 Å². The van der Waals surface area contributed by atoms with Crippen LogP contribution in [-0.2, 0) is 4.79 Å². The molecule has 2 aromatic carbocycles. The first-order valence-electron chi connectivity index (χ1n) is 8.57. The molecule has 0 radical (unpaired) electrons. The number of carbonyl (C=O) groups excluding carboxylic acids is 1. The van der Waals surface area contributed by atoms with Crippen molar-refractivity contribution < 1.29 is 4.79 Å². The van der Waals surface area contributed by atoms with Gasteiger partial charge in [0.2, 0.25) is 5.91 Å². The number of hydrogen-bond donors (Lipinski definition) is 0. The van der Waals surface area contributed by atoms with E-state index in [4.69, 9.17) is 0 Å². The predicted octanol–water partition coefficient (Wildman–Crippen LogP) is 5.31. The Hall–Kier alpha value is -1.30. The van der Waals surface area contributed by atoms with Gasteiger partial charge in [0.1, 0.15) is 0 Å². The van der Waals surface area contributed by atoms with Gasteiger partial charge in [0.15, 0.2) is 0 Å². The maximum absolute atomic E-state index is 13.3. The van der Waals surface area contributed by atoms with E-state index < -0.39 is 0 Å². The largest absolute Gasteiger partial charge is 0.292 e. The van der Waals surface area contributed by atoms with Crippen molar-refractivity contribution in [3.8, 4) is 0 Å². The van der Waals surface area contributed by atoms with E-state index in [0.29, 0.717) is 0 Å². The first-order valence-corrected chi connectivity index (χ1v) is 11.0. The molecular formula is C20H23BrN2OS. The smallest absolute Gasteiger partial charge is 0.248 e. The van der Waals surface area contributed by atoms with E-state index in [1.165, 1.54) is 12.8 Å². The minimum atomic E-state index is -0.0817. The Morgan fingerprint density at radius 3 is 1.96 bits per heavy atom. The van der Waals surface area contributed by atoms with E-state index >= 15 is 0 Å².